The van der Waals surface area contributed by atoms with Crippen LogP contribution in [0, 0.1) is 23.2 Å². The summed E-state index contributed by atoms with van der Waals surface area (Å²) in [7, 11) is 0. The number of hydrogen-bond acceptors (Lipinski definition) is 3. The first kappa shape index (κ1) is 16.5. The van der Waals surface area contributed by atoms with E-state index in [0.29, 0.717) is 0 Å². The molecule has 1 fully saturated rings. The minimum Gasteiger partial charge on any atom is -0.303 e. The van der Waals surface area contributed by atoms with Gasteiger partial charge in [0, 0.05) is 6.54 Å². The maximum Gasteiger partial charge on any atom is 0.103 e. The lowest BCUT2D eigenvalue weighted by Crippen LogP contribution is -2.40. The molecule has 0 aliphatic carbocycles. The summed E-state index contributed by atoms with van der Waals surface area (Å²) in [5.74, 6) is 1.71. The molecule has 0 radical (unpaired) electrons. The molecule has 19 heavy (non-hydrogen) atoms. The summed E-state index contributed by atoms with van der Waals surface area (Å²) >= 11 is 0. The molecule has 2 atom stereocenters. The summed E-state index contributed by atoms with van der Waals surface area (Å²) in [6.07, 6.45) is 4.68. The fourth-order valence-corrected chi connectivity index (χ4v) is 3.00. The van der Waals surface area contributed by atoms with Gasteiger partial charge in [0.15, 0.2) is 0 Å². The van der Waals surface area contributed by atoms with Gasteiger partial charge in [-0.1, -0.05) is 20.8 Å². The topological polar surface area (TPSA) is 39.1 Å². The van der Waals surface area contributed by atoms with Crippen LogP contribution in [0.4, 0.5) is 0 Å². The van der Waals surface area contributed by atoms with Crippen molar-refractivity contribution < 1.29 is 0 Å². The average Bonchev–Trinajstić information content (AvgIpc) is 2.84. The molecular formula is C16H31N3. The second-order valence-electron chi connectivity index (χ2n) is 6.52. The molecule has 1 aliphatic heterocycles. The standard InChI is InChI=1S/C16H31N3/c1-5-18-16(4,13-17)9-6-7-10-19-11-8-15(12-19)14(2)3/h14-15,18H,5-12H2,1-4H3. The van der Waals surface area contributed by atoms with E-state index in [4.69, 9.17) is 0 Å². The third-order valence-corrected chi connectivity index (χ3v) is 4.47. The predicted octanol–water partition coefficient (Wildman–Crippen LogP) is 3.03. The molecule has 1 aliphatic rings. The molecule has 110 valence electrons. The lowest BCUT2D eigenvalue weighted by molar-refractivity contribution is 0.291. The Morgan fingerprint density at radius 3 is 2.68 bits per heavy atom. The highest BCUT2D eigenvalue weighted by Gasteiger charge is 2.25. The molecule has 0 amide bonds. The summed E-state index contributed by atoms with van der Waals surface area (Å²) in [6.45, 7) is 13.4. The summed E-state index contributed by atoms with van der Waals surface area (Å²) in [5.41, 5.74) is -0.333. The maximum atomic E-state index is 9.20. The van der Waals surface area contributed by atoms with Crippen molar-refractivity contribution in [1.29, 1.82) is 5.26 Å². The molecule has 2 unspecified atom stereocenters. The van der Waals surface area contributed by atoms with Crippen LogP contribution in [0.1, 0.15) is 53.4 Å². The van der Waals surface area contributed by atoms with E-state index < -0.39 is 0 Å². The third-order valence-electron chi connectivity index (χ3n) is 4.47. The van der Waals surface area contributed by atoms with Crippen molar-refractivity contribution in [2.24, 2.45) is 11.8 Å². The Labute approximate surface area is 119 Å². The highest BCUT2D eigenvalue weighted by molar-refractivity contribution is 5.03. The van der Waals surface area contributed by atoms with Crippen molar-refractivity contribution in [2.75, 3.05) is 26.2 Å². The van der Waals surface area contributed by atoms with E-state index in [-0.39, 0.29) is 5.54 Å². The van der Waals surface area contributed by atoms with E-state index in [9.17, 15) is 5.26 Å². The molecule has 0 aromatic rings. The summed E-state index contributed by atoms with van der Waals surface area (Å²) < 4.78 is 0. The van der Waals surface area contributed by atoms with E-state index in [1.807, 2.05) is 6.92 Å². The summed E-state index contributed by atoms with van der Waals surface area (Å²) in [6, 6.07) is 2.41. The fourth-order valence-electron chi connectivity index (χ4n) is 3.00. The van der Waals surface area contributed by atoms with Gasteiger partial charge in [0.2, 0.25) is 0 Å². The second-order valence-corrected chi connectivity index (χ2v) is 6.52. The van der Waals surface area contributed by atoms with Crippen LogP contribution in [-0.4, -0.2) is 36.6 Å². The molecule has 3 nitrogen and oxygen atoms in total. The Hall–Kier alpha value is -0.590. The van der Waals surface area contributed by atoms with Crippen LogP contribution in [0.15, 0.2) is 0 Å². The van der Waals surface area contributed by atoms with Crippen LogP contribution < -0.4 is 5.32 Å². The van der Waals surface area contributed by atoms with Crippen molar-refractivity contribution in [3.05, 3.63) is 0 Å². The van der Waals surface area contributed by atoms with Crippen molar-refractivity contribution in [1.82, 2.24) is 10.2 Å². The quantitative estimate of drug-likeness (QED) is 0.686. The number of rotatable bonds is 8. The Bertz CT molecular complexity index is 295. The van der Waals surface area contributed by atoms with E-state index in [2.05, 4.69) is 37.1 Å². The average molecular weight is 265 g/mol. The van der Waals surface area contributed by atoms with Crippen LogP contribution in [0.3, 0.4) is 0 Å². The van der Waals surface area contributed by atoms with Crippen LogP contribution in [0.5, 0.6) is 0 Å². The monoisotopic (exact) mass is 265 g/mol. The number of hydrogen-bond donors (Lipinski definition) is 1. The van der Waals surface area contributed by atoms with Gasteiger partial charge in [-0.15, -0.1) is 0 Å². The minimum absolute atomic E-state index is 0.333. The van der Waals surface area contributed by atoms with Gasteiger partial charge in [-0.3, -0.25) is 5.32 Å². The number of nitrogens with zero attached hydrogens (tertiary/aromatic N) is 2. The lowest BCUT2D eigenvalue weighted by Gasteiger charge is -2.23. The van der Waals surface area contributed by atoms with Crippen molar-refractivity contribution in [3.63, 3.8) is 0 Å². The van der Waals surface area contributed by atoms with Gasteiger partial charge < -0.3 is 4.90 Å². The van der Waals surface area contributed by atoms with Gasteiger partial charge in [0.05, 0.1) is 6.07 Å². The van der Waals surface area contributed by atoms with Gasteiger partial charge in [0.1, 0.15) is 5.54 Å². The number of unbranched alkanes of at least 4 members (excludes halogenated alkanes) is 1. The normalized spacial score (nSPS) is 23.5. The third kappa shape index (κ3) is 5.50. The molecule has 0 aromatic heterocycles. The smallest absolute Gasteiger partial charge is 0.103 e. The second kappa shape index (κ2) is 7.87. The van der Waals surface area contributed by atoms with E-state index >= 15 is 0 Å². The Kier molecular flexibility index (Phi) is 6.82. The molecular weight excluding hydrogens is 234 g/mol. The van der Waals surface area contributed by atoms with Crippen LogP contribution in [-0.2, 0) is 0 Å². The number of nitriles is 1. The highest BCUT2D eigenvalue weighted by Crippen LogP contribution is 2.24. The minimum atomic E-state index is -0.333. The van der Waals surface area contributed by atoms with E-state index in [0.717, 1.165) is 31.2 Å². The van der Waals surface area contributed by atoms with Gasteiger partial charge in [0.25, 0.3) is 0 Å². The predicted molar refractivity (Wildman–Crippen MR) is 80.9 cm³/mol. The molecule has 1 rings (SSSR count). The summed E-state index contributed by atoms with van der Waals surface area (Å²) in [5, 5.41) is 12.5. The Morgan fingerprint density at radius 2 is 2.16 bits per heavy atom. The van der Waals surface area contributed by atoms with Gasteiger partial charge in [-0.2, -0.15) is 5.26 Å². The first-order valence-corrected chi connectivity index (χ1v) is 7.89. The van der Waals surface area contributed by atoms with Crippen molar-refractivity contribution in [3.8, 4) is 6.07 Å². The van der Waals surface area contributed by atoms with Gasteiger partial charge >= 0.3 is 0 Å². The van der Waals surface area contributed by atoms with Crippen molar-refractivity contribution in [2.45, 2.75) is 58.9 Å². The fraction of sp³-hybridized carbons (Fsp3) is 0.938. The van der Waals surface area contributed by atoms with Gasteiger partial charge in [-0.25, -0.2) is 0 Å². The molecule has 1 N–H and O–H groups in total. The van der Waals surface area contributed by atoms with E-state index in [1.165, 1.54) is 32.5 Å². The number of nitrogens with one attached hydrogen (secondary N) is 1. The largest absolute Gasteiger partial charge is 0.303 e. The van der Waals surface area contributed by atoms with Crippen LogP contribution in [0.2, 0.25) is 0 Å². The van der Waals surface area contributed by atoms with Crippen LogP contribution in [0.25, 0.3) is 0 Å². The van der Waals surface area contributed by atoms with Gasteiger partial charge in [-0.05, 0) is 64.1 Å². The lowest BCUT2D eigenvalue weighted by atomic mass is 9.95. The molecule has 0 saturated carbocycles. The zero-order valence-corrected chi connectivity index (χ0v) is 13.2. The molecule has 0 aromatic carbocycles. The maximum absolute atomic E-state index is 9.20. The Balaban J connectivity index is 2.16. The molecule has 0 spiro atoms. The molecule has 0 bridgehead atoms. The zero-order chi connectivity index (χ0) is 14.3. The first-order valence-electron chi connectivity index (χ1n) is 7.89. The van der Waals surface area contributed by atoms with Crippen LogP contribution >= 0.6 is 0 Å². The first-order chi connectivity index (χ1) is 9.00. The van der Waals surface area contributed by atoms with E-state index in [1.54, 1.807) is 0 Å². The Morgan fingerprint density at radius 1 is 1.42 bits per heavy atom. The highest BCUT2D eigenvalue weighted by atomic mass is 15.1. The number of likely N-dealkylation sites (tertiary alicyclic amines) is 1. The molecule has 1 saturated heterocycles. The SMILES string of the molecule is CCNC(C)(C#N)CCCCN1CCC(C(C)C)C1. The molecule has 1 heterocycles. The zero-order valence-electron chi connectivity index (χ0n) is 13.2. The molecule has 3 heteroatoms. The van der Waals surface area contributed by atoms with Crippen molar-refractivity contribution >= 4 is 0 Å². The summed E-state index contributed by atoms with van der Waals surface area (Å²) in [4.78, 5) is 2.60.